The normalized spacial score (nSPS) is 9.71. The number of ketones is 1. The molecule has 0 saturated heterocycles. The van der Waals surface area contributed by atoms with Gasteiger partial charge in [-0.1, -0.05) is 31.9 Å². The summed E-state index contributed by atoms with van der Waals surface area (Å²) in [5, 5.41) is 0. The van der Waals surface area contributed by atoms with E-state index < -0.39 is 0 Å². The minimum Gasteiger partial charge on any atom is -0.296 e. The molecule has 0 aromatic rings. The van der Waals surface area contributed by atoms with Crippen LogP contribution in [0.1, 0.15) is 0 Å². The summed E-state index contributed by atoms with van der Waals surface area (Å²) in [5.41, 5.74) is 0. The summed E-state index contributed by atoms with van der Waals surface area (Å²) in [6.45, 7) is 0. The first-order valence-corrected chi connectivity index (χ1v) is 3.92. The van der Waals surface area contributed by atoms with Crippen molar-refractivity contribution in [1.82, 2.24) is 0 Å². The van der Waals surface area contributed by atoms with Gasteiger partial charge in [-0.2, -0.15) is 0 Å². The van der Waals surface area contributed by atoms with Crippen molar-refractivity contribution in [1.29, 1.82) is 0 Å². The van der Waals surface area contributed by atoms with Gasteiger partial charge in [0.05, 0.1) is 5.88 Å². The lowest BCUT2D eigenvalue weighted by atomic mass is 10.5. The number of Topliss-reactive ketones (excluding diaryl/α,β-unsaturated/α-hetero) is 1. The Morgan fingerprint density at radius 2 is 2.14 bits per heavy atom. The van der Waals surface area contributed by atoms with Gasteiger partial charge < -0.3 is 0 Å². The zero-order chi connectivity index (χ0) is 5.86. The summed E-state index contributed by atoms with van der Waals surface area (Å²) < 4.78 is -0.280. The summed E-state index contributed by atoms with van der Waals surface area (Å²) >= 11 is 11.1. The van der Waals surface area contributed by atoms with Crippen molar-refractivity contribution in [3.8, 4) is 0 Å². The maximum absolute atomic E-state index is 10.3. The van der Waals surface area contributed by atoms with E-state index in [-0.39, 0.29) is 15.4 Å². The lowest BCUT2D eigenvalue weighted by Crippen LogP contribution is -2.06. The van der Waals surface area contributed by atoms with Crippen LogP contribution in [-0.4, -0.2) is 15.4 Å². The first kappa shape index (κ1) is 7.92. The molecule has 0 rings (SSSR count). The maximum atomic E-state index is 10.3. The van der Waals surface area contributed by atoms with Crippen LogP contribution < -0.4 is 0 Å². The Bertz CT molecular complexity index is 73.3. The highest BCUT2D eigenvalue weighted by Gasteiger charge is 2.06. The first-order chi connectivity index (χ1) is 3.18. The maximum Gasteiger partial charge on any atom is 0.171 e. The molecular weight excluding hydrogens is 247 g/mol. The van der Waals surface area contributed by atoms with Crippen molar-refractivity contribution in [2.75, 3.05) is 5.88 Å². The molecule has 0 aromatic carbocycles. The van der Waals surface area contributed by atoms with Gasteiger partial charge in [0.15, 0.2) is 5.78 Å². The van der Waals surface area contributed by atoms with Crippen LogP contribution in [0.4, 0.5) is 0 Å². The largest absolute Gasteiger partial charge is 0.296 e. The second-order valence-electron chi connectivity index (χ2n) is 0.901. The molecular formula is C3H3Br2ClO. The zero-order valence-electron chi connectivity index (χ0n) is 3.33. The van der Waals surface area contributed by atoms with Crippen LogP contribution in [0.3, 0.4) is 0 Å². The molecule has 4 heteroatoms. The van der Waals surface area contributed by atoms with Crippen LogP contribution in [0.2, 0.25) is 0 Å². The molecule has 0 heterocycles. The summed E-state index contributed by atoms with van der Waals surface area (Å²) in [6.07, 6.45) is 0. The standard InChI is InChI=1S/C3H3Br2ClO/c4-3(5)2(7)1-6/h3H,1H2. The molecule has 0 aliphatic rings. The van der Waals surface area contributed by atoms with Gasteiger partial charge in [0.2, 0.25) is 0 Å². The lowest BCUT2D eigenvalue weighted by molar-refractivity contribution is -0.114. The van der Waals surface area contributed by atoms with Crippen molar-refractivity contribution in [2.24, 2.45) is 0 Å². The van der Waals surface area contributed by atoms with Gasteiger partial charge in [0.25, 0.3) is 0 Å². The Balaban J connectivity index is 3.35. The van der Waals surface area contributed by atoms with E-state index in [1.165, 1.54) is 0 Å². The zero-order valence-corrected chi connectivity index (χ0v) is 7.25. The fourth-order valence-electron chi connectivity index (χ4n) is 0.0583. The predicted octanol–water partition coefficient (Wildman–Crippen LogP) is 1.91. The van der Waals surface area contributed by atoms with Crippen molar-refractivity contribution in [3.63, 3.8) is 0 Å². The Morgan fingerprint density at radius 1 is 1.71 bits per heavy atom. The summed E-state index contributed by atoms with van der Waals surface area (Å²) in [4.78, 5) is 10.3. The van der Waals surface area contributed by atoms with Crippen molar-refractivity contribution < 1.29 is 4.79 Å². The summed E-state index contributed by atoms with van der Waals surface area (Å²) in [6, 6.07) is 0. The molecule has 7 heavy (non-hydrogen) atoms. The molecule has 42 valence electrons. The first-order valence-electron chi connectivity index (χ1n) is 1.55. The SMILES string of the molecule is O=C(CCl)C(Br)Br. The Hall–Kier alpha value is 0.920. The third-order valence-corrected chi connectivity index (χ3v) is 1.66. The van der Waals surface area contributed by atoms with Crippen LogP contribution in [0.25, 0.3) is 0 Å². The van der Waals surface area contributed by atoms with Crippen LogP contribution in [0, 0.1) is 0 Å². The monoisotopic (exact) mass is 248 g/mol. The molecule has 0 unspecified atom stereocenters. The molecule has 0 aliphatic carbocycles. The molecule has 0 bridgehead atoms. The van der Waals surface area contributed by atoms with E-state index in [0.29, 0.717) is 0 Å². The quantitative estimate of drug-likeness (QED) is 0.684. The second-order valence-corrected chi connectivity index (χ2v) is 4.23. The number of halogens is 3. The molecule has 0 atom stereocenters. The van der Waals surface area contributed by atoms with Gasteiger partial charge in [0.1, 0.15) is 3.74 Å². The number of hydrogen-bond acceptors (Lipinski definition) is 1. The molecule has 0 amide bonds. The third-order valence-electron chi connectivity index (χ3n) is 0.375. The van der Waals surface area contributed by atoms with E-state index >= 15 is 0 Å². The number of rotatable bonds is 2. The fourth-order valence-corrected chi connectivity index (χ4v) is 0.909. The molecule has 0 aliphatic heterocycles. The number of alkyl halides is 3. The third kappa shape index (κ3) is 3.50. The molecule has 0 aromatic heterocycles. The van der Waals surface area contributed by atoms with E-state index in [4.69, 9.17) is 11.6 Å². The van der Waals surface area contributed by atoms with Gasteiger partial charge in [-0.05, 0) is 0 Å². The van der Waals surface area contributed by atoms with Crippen LogP contribution >= 0.6 is 43.5 Å². The Morgan fingerprint density at radius 3 is 2.14 bits per heavy atom. The molecule has 0 spiro atoms. The van der Waals surface area contributed by atoms with Gasteiger partial charge in [-0.3, -0.25) is 4.79 Å². The van der Waals surface area contributed by atoms with Gasteiger partial charge in [-0.15, -0.1) is 11.6 Å². The van der Waals surface area contributed by atoms with E-state index in [0.717, 1.165) is 0 Å². The van der Waals surface area contributed by atoms with Crippen LogP contribution in [-0.2, 0) is 4.79 Å². The van der Waals surface area contributed by atoms with Crippen molar-refractivity contribution >= 4 is 49.2 Å². The van der Waals surface area contributed by atoms with E-state index in [1.54, 1.807) is 0 Å². The summed E-state index contributed by atoms with van der Waals surface area (Å²) in [5.74, 6) is 0.00270. The molecule has 0 N–H and O–H groups in total. The minimum absolute atomic E-state index is 0.0540. The van der Waals surface area contributed by atoms with E-state index in [1.807, 2.05) is 0 Å². The van der Waals surface area contributed by atoms with Crippen LogP contribution in [0.5, 0.6) is 0 Å². The highest BCUT2D eigenvalue weighted by atomic mass is 79.9. The Labute approximate surface area is 63.7 Å². The van der Waals surface area contributed by atoms with Gasteiger partial charge in [-0.25, -0.2) is 0 Å². The van der Waals surface area contributed by atoms with Crippen molar-refractivity contribution in [3.05, 3.63) is 0 Å². The average molecular weight is 250 g/mol. The Kier molecular flexibility index (Phi) is 4.37. The van der Waals surface area contributed by atoms with Gasteiger partial charge >= 0.3 is 0 Å². The van der Waals surface area contributed by atoms with Crippen LogP contribution in [0.15, 0.2) is 0 Å². The molecule has 0 fully saturated rings. The minimum atomic E-state index is -0.280. The fraction of sp³-hybridized carbons (Fsp3) is 0.667. The highest BCUT2D eigenvalue weighted by Crippen LogP contribution is 2.08. The number of carbonyl (C=O) groups is 1. The number of hydrogen-bond donors (Lipinski definition) is 0. The van der Waals surface area contributed by atoms with Crippen molar-refractivity contribution in [2.45, 2.75) is 3.74 Å². The second kappa shape index (κ2) is 3.87. The predicted molar refractivity (Wildman–Crippen MR) is 37.4 cm³/mol. The lowest BCUT2D eigenvalue weighted by Gasteiger charge is -1.90. The van der Waals surface area contributed by atoms with E-state index in [9.17, 15) is 4.79 Å². The number of carbonyl (C=O) groups excluding carboxylic acids is 1. The molecule has 0 radical (unpaired) electrons. The van der Waals surface area contributed by atoms with E-state index in [2.05, 4.69) is 31.9 Å². The van der Waals surface area contributed by atoms with Gasteiger partial charge in [0, 0.05) is 0 Å². The highest BCUT2D eigenvalue weighted by molar-refractivity contribution is 9.25. The molecule has 0 saturated carbocycles. The smallest absolute Gasteiger partial charge is 0.171 e. The average Bonchev–Trinajstić information content (AvgIpc) is 1.65. The summed E-state index contributed by atoms with van der Waals surface area (Å²) in [7, 11) is 0. The molecule has 1 nitrogen and oxygen atoms in total. The topological polar surface area (TPSA) is 17.1 Å².